The smallest absolute Gasteiger partial charge is 0.319 e. The van der Waals surface area contributed by atoms with Gasteiger partial charge in [0.2, 0.25) is 0 Å². The molecule has 242 valence electrons. The molecule has 2 aromatic carbocycles. The van der Waals surface area contributed by atoms with Gasteiger partial charge < -0.3 is 14.7 Å². The van der Waals surface area contributed by atoms with Crippen LogP contribution in [-0.2, 0) is 0 Å². The second-order valence-electron chi connectivity index (χ2n) is 13.6. The number of anilines is 1. The molecule has 2 aromatic heterocycles. The van der Waals surface area contributed by atoms with E-state index in [1.54, 1.807) is 0 Å². The van der Waals surface area contributed by atoms with E-state index >= 15 is 4.39 Å². The van der Waals surface area contributed by atoms with Gasteiger partial charge in [-0.25, -0.2) is 8.78 Å². The molecule has 2 bridgehead atoms. The molecule has 4 saturated heterocycles. The number of aromatic hydroxyl groups is 1. The van der Waals surface area contributed by atoms with Gasteiger partial charge in [0.15, 0.2) is 5.82 Å². The van der Waals surface area contributed by atoms with Gasteiger partial charge in [-0.3, -0.25) is 15.2 Å². The molecule has 0 amide bonds. The highest BCUT2D eigenvalue weighted by Gasteiger charge is 2.48. The van der Waals surface area contributed by atoms with Gasteiger partial charge in [-0.05, 0) is 56.2 Å². The van der Waals surface area contributed by atoms with Crippen molar-refractivity contribution in [1.82, 2.24) is 25.2 Å². The molecule has 0 saturated carbocycles. The van der Waals surface area contributed by atoms with Crippen LogP contribution >= 0.6 is 0 Å². The van der Waals surface area contributed by atoms with Gasteiger partial charge in [-0.15, -0.1) is 12.3 Å². The Kier molecular flexibility index (Phi) is 6.96. The third kappa shape index (κ3) is 4.78. The van der Waals surface area contributed by atoms with Crippen LogP contribution in [0.4, 0.5) is 14.6 Å². The number of hydrogen-bond acceptors (Lipinski definition) is 8. The Bertz CT molecular complexity index is 2160. The van der Waals surface area contributed by atoms with Crippen molar-refractivity contribution in [1.29, 1.82) is 0 Å². The van der Waals surface area contributed by atoms with Gasteiger partial charge >= 0.3 is 6.01 Å². The molecule has 0 unspecified atom stereocenters. The average Bonchev–Trinajstić information content (AvgIpc) is 3.64. The van der Waals surface area contributed by atoms with Crippen molar-refractivity contribution in [2.75, 3.05) is 37.7 Å². The minimum atomic E-state index is -0.760. The van der Waals surface area contributed by atoms with Gasteiger partial charge in [-0.1, -0.05) is 42.2 Å². The number of benzene rings is 2. The van der Waals surface area contributed by atoms with Gasteiger partial charge in [0.1, 0.15) is 35.2 Å². The van der Waals surface area contributed by atoms with Crippen molar-refractivity contribution in [3.8, 4) is 47.2 Å². The lowest BCUT2D eigenvalue weighted by Crippen LogP contribution is -2.59. The molecule has 8 rings (SSSR count). The first kappa shape index (κ1) is 30.3. The summed E-state index contributed by atoms with van der Waals surface area (Å²) in [6.07, 6.45) is 10.6. The number of fused-ring (bicyclic) bond motifs is 5. The first-order valence-electron chi connectivity index (χ1n) is 16.1. The van der Waals surface area contributed by atoms with Crippen LogP contribution in [-0.4, -0.2) is 74.9 Å². The Morgan fingerprint density at radius 2 is 1.96 bits per heavy atom. The topological polar surface area (TPSA) is 86.6 Å². The van der Waals surface area contributed by atoms with Gasteiger partial charge in [0, 0.05) is 49.4 Å². The molecule has 0 aliphatic carbocycles. The van der Waals surface area contributed by atoms with Gasteiger partial charge in [0.25, 0.3) is 0 Å². The summed E-state index contributed by atoms with van der Waals surface area (Å²) in [4.78, 5) is 18.5. The van der Waals surface area contributed by atoms with E-state index in [9.17, 15) is 9.50 Å². The minimum absolute atomic E-state index is 0.00215. The summed E-state index contributed by atoms with van der Waals surface area (Å²) < 4.78 is 38.3. The highest BCUT2D eigenvalue weighted by Crippen LogP contribution is 2.44. The Morgan fingerprint density at radius 3 is 2.71 bits per heavy atom. The van der Waals surface area contributed by atoms with E-state index in [4.69, 9.17) is 16.1 Å². The minimum Gasteiger partial charge on any atom is -0.508 e. The van der Waals surface area contributed by atoms with Crippen LogP contribution in [0.2, 0.25) is 0 Å². The normalized spacial score (nSPS) is 23.0. The van der Waals surface area contributed by atoms with Crippen LogP contribution in [0.1, 0.15) is 38.2 Å². The predicted molar refractivity (Wildman–Crippen MR) is 182 cm³/mol. The zero-order chi connectivity index (χ0) is 33.4. The summed E-state index contributed by atoms with van der Waals surface area (Å²) in [5.74, 6) is 7.80. The number of phenolic OH excluding ortho intramolecular Hbond substituents is 1. The zero-order valence-corrected chi connectivity index (χ0v) is 26.7. The van der Waals surface area contributed by atoms with Crippen molar-refractivity contribution in [2.45, 2.75) is 49.7 Å². The molecule has 4 aliphatic heterocycles. The maximum Gasteiger partial charge on any atom is 0.319 e. The third-order valence-corrected chi connectivity index (χ3v) is 10.2. The molecule has 4 aliphatic rings. The zero-order valence-electron chi connectivity index (χ0n) is 26.7. The Labute approximate surface area is 277 Å². The van der Waals surface area contributed by atoms with E-state index in [0.29, 0.717) is 29.7 Å². The van der Waals surface area contributed by atoms with Gasteiger partial charge in [0.05, 0.1) is 22.0 Å². The number of terminal acetylenes is 1. The highest BCUT2D eigenvalue weighted by atomic mass is 19.1. The van der Waals surface area contributed by atoms with Crippen LogP contribution < -0.4 is 15.0 Å². The summed E-state index contributed by atoms with van der Waals surface area (Å²) in [5.41, 5.74) is 1.53. The second kappa shape index (κ2) is 11.0. The molecule has 6 heterocycles. The number of aromatic nitrogens is 3. The number of pyridine rings is 1. The summed E-state index contributed by atoms with van der Waals surface area (Å²) >= 11 is 0. The van der Waals surface area contributed by atoms with E-state index in [0.717, 1.165) is 49.9 Å². The number of piperazine rings is 1. The molecular formula is C38H34F2N6O2. The Morgan fingerprint density at radius 1 is 1.17 bits per heavy atom. The lowest BCUT2D eigenvalue weighted by molar-refractivity contribution is 0.108. The van der Waals surface area contributed by atoms with Crippen LogP contribution in [0.15, 0.2) is 54.8 Å². The Hall–Kier alpha value is -5.03. The van der Waals surface area contributed by atoms with Gasteiger partial charge in [-0.2, -0.15) is 9.97 Å². The van der Waals surface area contributed by atoms with Crippen LogP contribution in [0.3, 0.4) is 0 Å². The Balaban J connectivity index is 1.29. The predicted octanol–water partition coefficient (Wildman–Crippen LogP) is 5.48. The summed E-state index contributed by atoms with van der Waals surface area (Å²) in [6, 6.07) is 5.74. The quantitative estimate of drug-likeness (QED) is 0.218. The first-order chi connectivity index (χ1) is 23.1. The molecule has 0 radical (unpaired) electrons. The molecule has 0 spiro atoms. The number of rotatable bonds is 5. The van der Waals surface area contributed by atoms with Crippen molar-refractivity contribution in [3.63, 3.8) is 0 Å². The monoisotopic (exact) mass is 644 g/mol. The van der Waals surface area contributed by atoms with Crippen molar-refractivity contribution in [3.05, 3.63) is 72.0 Å². The molecule has 4 aromatic rings. The van der Waals surface area contributed by atoms with E-state index in [1.807, 2.05) is 6.92 Å². The number of nitrogens with zero attached hydrogens (tertiary/aromatic N) is 5. The summed E-state index contributed by atoms with van der Waals surface area (Å²) in [5, 5.41) is 15.4. The maximum atomic E-state index is 17.0. The molecule has 2 atom stereocenters. The highest BCUT2D eigenvalue weighted by molar-refractivity contribution is 6.03. The molecule has 48 heavy (non-hydrogen) atoms. The standard InChI is InChI=1S/C38H34F2N6O2/c1-5-10-37-11-9-25(44-37)19-45(20-37)35-29-16-41-33(28-13-26(47)12-24-7-8-30(39)27(6-2)31(24)28)32(40)34(29)42-36(43-35)48-21-38-14-22(3)17-46(38)18-23(4)15-38/h2,7-8,12-13,16,25,44,47H,3-4,9,11,14-15,17-21H2,1H3/t25-,37+/m0/s1. The average molecular weight is 645 g/mol. The number of phenols is 1. The molecule has 2 N–H and O–H groups in total. The molecule has 4 fully saturated rings. The lowest BCUT2D eigenvalue weighted by Gasteiger charge is -2.39. The lowest BCUT2D eigenvalue weighted by atomic mass is 9.92. The summed E-state index contributed by atoms with van der Waals surface area (Å²) in [7, 11) is 0. The number of halogens is 2. The van der Waals surface area contributed by atoms with E-state index < -0.39 is 17.2 Å². The fourth-order valence-corrected chi connectivity index (χ4v) is 8.33. The van der Waals surface area contributed by atoms with Crippen molar-refractivity contribution < 1.29 is 18.6 Å². The van der Waals surface area contributed by atoms with Crippen LogP contribution in [0.5, 0.6) is 11.8 Å². The van der Waals surface area contributed by atoms with Crippen LogP contribution in [0.25, 0.3) is 32.9 Å². The third-order valence-electron chi connectivity index (χ3n) is 10.2. The number of nitrogens with one attached hydrogen (secondary N) is 1. The van der Waals surface area contributed by atoms with Crippen molar-refractivity contribution in [2.24, 2.45) is 0 Å². The number of ether oxygens (including phenoxy) is 1. The molecular weight excluding hydrogens is 610 g/mol. The molecule has 10 heteroatoms. The van der Waals surface area contributed by atoms with E-state index in [2.05, 4.69) is 56.0 Å². The van der Waals surface area contributed by atoms with Crippen LogP contribution in [0, 0.1) is 35.8 Å². The fraction of sp³-hybridized carbons (Fsp3) is 0.342. The SMILES string of the molecule is C#Cc1c(F)ccc2cc(O)cc(-c3ncc4c(N5C[C@@H]6CC[C@](C#CC)(C5)N6)nc(OCC56CC(=C)CN5CC(=C)C6)nc4c3F)c12. The second-order valence-corrected chi connectivity index (χ2v) is 13.6. The fourth-order valence-electron chi connectivity index (χ4n) is 8.33. The van der Waals surface area contributed by atoms with E-state index in [1.165, 1.54) is 30.5 Å². The number of hydrogen-bond donors (Lipinski definition) is 2. The first-order valence-corrected chi connectivity index (χ1v) is 16.1. The largest absolute Gasteiger partial charge is 0.508 e. The molecule has 8 nitrogen and oxygen atoms in total. The van der Waals surface area contributed by atoms with E-state index in [-0.39, 0.29) is 57.7 Å². The van der Waals surface area contributed by atoms with Crippen molar-refractivity contribution >= 4 is 27.5 Å². The summed E-state index contributed by atoms with van der Waals surface area (Å²) in [6.45, 7) is 13.3. The maximum absolute atomic E-state index is 17.0.